The Labute approximate surface area is 97.7 Å². The van der Waals surface area contributed by atoms with Crippen LogP contribution in [0.3, 0.4) is 0 Å². The van der Waals surface area contributed by atoms with Crippen molar-refractivity contribution in [3.8, 4) is 0 Å². The zero-order valence-electron chi connectivity index (χ0n) is 10.3. The van der Waals surface area contributed by atoms with Crippen molar-refractivity contribution in [1.29, 1.82) is 0 Å². The van der Waals surface area contributed by atoms with Crippen molar-refractivity contribution in [2.45, 2.75) is 63.6 Å². The van der Waals surface area contributed by atoms with E-state index in [1.807, 2.05) is 0 Å². The maximum atomic E-state index is 11.2. The summed E-state index contributed by atoms with van der Waals surface area (Å²) in [5, 5.41) is 7.14. The third kappa shape index (κ3) is 1.77. The monoisotopic (exact) mass is 222 g/mol. The van der Waals surface area contributed by atoms with Gasteiger partial charge in [0.05, 0.1) is 6.04 Å². The molecule has 1 aliphatic carbocycles. The lowest BCUT2D eigenvalue weighted by atomic mass is 9.79. The van der Waals surface area contributed by atoms with Crippen LogP contribution in [-0.2, 0) is 4.79 Å². The van der Waals surface area contributed by atoms with Gasteiger partial charge in [-0.25, -0.2) is 0 Å². The molecule has 0 saturated carbocycles. The number of hydrogen-bond acceptors (Lipinski definition) is 3. The van der Waals surface area contributed by atoms with Gasteiger partial charge in [-0.05, 0) is 32.1 Å². The van der Waals surface area contributed by atoms with Crippen molar-refractivity contribution < 1.29 is 4.79 Å². The van der Waals surface area contributed by atoms with E-state index in [-0.39, 0.29) is 11.6 Å². The van der Waals surface area contributed by atoms with Gasteiger partial charge < -0.3 is 15.4 Å². The first-order valence-electron chi connectivity index (χ1n) is 6.45. The molecule has 1 aliphatic heterocycles. The van der Waals surface area contributed by atoms with Gasteiger partial charge in [0.1, 0.15) is 6.29 Å². The summed E-state index contributed by atoms with van der Waals surface area (Å²) in [5.74, 6) is 0. The molecule has 2 unspecified atom stereocenters. The predicted molar refractivity (Wildman–Crippen MR) is 65.2 cm³/mol. The van der Waals surface area contributed by atoms with Gasteiger partial charge in [-0.3, -0.25) is 0 Å². The van der Waals surface area contributed by atoms with Gasteiger partial charge in [0.2, 0.25) is 0 Å². The third-order valence-electron chi connectivity index (χ3n) is 4.21. The average Bonchev–Trinajstić information content (AvgIpc) is 2.36. The molecular formula is C13H22N2O. The van der Waals surface area contributed by atoms with Crippen molar-refractivity contribution in [2.75, 3.05) is 0 Å². The predicted octanol–water partition coefficient (Wildman–Crippen LogP) is 1.74. The number of aldehydes is 1. The lowest BCUT2D eigenvalue weighted by molar-refractivity contribution is -0.112. The van der Waals surface area contributed by atoms with Crippen molar-refractivity contribution >= 4 is 6.29 Å². The highest BCUT2D eigenvalue weighted by Crippen LogP contribution is 2.30. The molecule has 0 aromatic rings. The molecule has 1 fully saturated rings. The third-order valence-corrected chi connectivity index (χ3v) is 4.21. The highest BCUT2D eigenvalue weighted by Gasteiger charge is 2.42. The first-order valence-corrected chi connectivity index (χ1v) is 6.45. The molecular weight excluding hydrogens is 200 g/mol. The second-order valence-corrected chi connectivity index (χ2v) is 4.91. The minimum Gasteiger partial charge on any atom is -0.376 e. The fourth-order valence-electron chi connectivity index (χ4n) is 3.00. The summed E-state index contributed by atoms with van der Waals surface area (Å²) in [7, 11) is 0. The fraction of sp³-hybridized carbons (Fsp3) is 0.769. The smallest absolute Gasteiger partial charge is 0.144 e. The van der Waals surface area contributed by atoms with E-state index in [1.54, 1.807) is 0 Å². The second-order valence-electron chi connectivity index (χ2n) is 4.91. The summed E-state index contributed by atoms with van der Waals surface area (Å²) in [6, 6.07) is 0.355. The van der Waals surface area contributed by atoms with Crippen LogP contribution in [0.15, 0.2) is 11.8 Å². The summed E-state index contributed by atoms with van der Waals surface area (Å²) >= 11 is 0. The van der Waals surface area contributed by atoms with E-state index in [1.165, 1.54) is 18.5 Å². The Bertz CT molecular complexity index is 294. The van der Waals surface area contributed by atoms with Crippen LogP contribution < -0.4 is 10.6 Å². The van der Waals surface area contributed by atoms with Crippen LogP contribution in [0.25, 0.3) is 0 Å². The van der Waals surface area contributed by atoms with E-state index in [0.717, 1.165) is 25.5 Å². The van der Waals surface area contributed by atoms with Gasteiger partial charge in [-0.1, -0.05) is 19.9 Å². The van der Waals surface area contributed by atoms with Gasteiger partial charge in [0, 0.05) is 17.3 Å². The SMILES string of the molecule is CCC1(CC)NC2CCCC=C2NC1C=O. The molecule has 16 heavy (non-hydrogen) atoms. The highest BCUT2D eigenvalue weighted by molar-refractivity contribution is 5.62. The number of fused-ring (bicyclic) bond motifs is 1. The molecule has 0 bridgehead atoms. The molecule has 2 atom stereocenters. The quantitative estimate of drug-likeness (QED) is 0.715. The van der Waals surface area contributed by atoms with E-state index < -0.39 is 0 Å². The maximum absolute atomic E-state index is 11.2. The van der Waals surface area contributed by atoms with E-state index in [4.69, 9.17) is 0 Å². The van der Waals surface area contributed by atoms with E-state index >= 15 is 0 Å². The van der Waals surface area contributed by atoms with Crippen LogP contribution >= 0.6 is 0 Å². The van der Waals surface area contributed by atoms with E-state index in [0.29, 0.717) is 6.04 Å². The lowest BCUT2D eigenvalue weighted by Gasteiger charge is -2.48. The first-order chi connectivity index (χ1) is 7.75. The molecule has 90 valence electrons. The van der Waals surface area contributed by atoms with Crippen molar-refractivity contribution in [3.05, 3.63) is 11.8 Å². The summed E-state index contributed by atoms with van der Waals surface area (Å²) in [6.45, 7) is 4.32. The zero-order chi connectivity index (χ0) is 11.6. The van der Waals surface area contributed by atoms with Crippen molar-refractivity contribution in [2.24, 2.45) is 0 Å². The number of nitrogens with one attached hydrogen (secondary N) is 2. The minimum absolute atomic E-state index is 0.0545. The van der Waals surface area contributed by atoms with Crippen LogP contribution in [0.4, 0.5) is 0 Å². The van der Waals surface area contributed by atoms with Gasteiger partial charge in [-0.2, -0.15) is 0 Å². The second kappa shape index (κ2) is 4.58. The van der Waals surface area contributed by atoms with Gasteiger partial charge in [0.15, 0.2) is 0 Å². The summed E-state index contributed by atoms with van der Waals surface area (Å²) < 4.78 is 0. The number of allylic oxidation sites excluding steroid dienone is 1. The molecule has 1 heterocycles. The van der Waals surface area contributed by atoms with Crippen molar-refractivity contribution in [3.63, 3.8) is 0 Å². The topological polar surface area (TPSA) is 41.1 Å². The van der Waals surface area contributed by atoms with E-state index in [2.05, 4.69) is 30.6 Å². The Morgan fingerprint density at radius 3 is 2.88 bits per heavy atom. The Morgan fingerprint density at radius 2 is 2.25 bits per heavy atom. The van der Waals surface area contributed by atoms with Gasteiger partial charge >= 0.3 is 0 Å². The van der Waals surface area contributed by atoms with Crippen molar-refractivity contribution in [1.82, 2.24) is 10.6 Å². The summed E-state index contributed by atoms with van der Waals surface area (Å²) in [4.78, 5) is 11.2. The normalized spacial score (nSPS) is 32.2. The molecule has 2 aliphatic rings. The Kier molecular flexibility index (Phi) is 3.33. The maximum Gasteiger partial charge on any atom is 0.144 e. The van der Waals surface area contributed by atoms with Crippen LogP contribution in [0, 0.1) is 0 Å². The fourth-order valence-corrected chi connectivity index (χ4v) is 3.00. The molecule has 3 nitrogen and oxygen atoms in total. The lowest BCUT2D eigenvalue weighted by Crippen LogP contribution is -2.68. The number of carbonyl (C=O) groups excluding carboxylic acids is 1. The Morgan fingerprint density at radius 1 is 1.50 bits per heavy atom. The number of rotatable bonds is 3. The molecule has 1 saturated heterocycles. The molecule has 0 aromatic heterocycles. The Hall–Kier alpha value is -0.830. The standard InChI is InChI=1S/C13H22N2O/c1-3-13(4-2)12(9-16)14-10-7-5-6-8-11(10)15-13/h7,9,11-12,14-15H,3-6,8H2,1-2H3. The molecule has 3 heteroatoms. The van der Waals surface area contributed by atoms with Crippen LogP contribution in [-0.4, -0.2) is 23.9 Å². The molecule has 0 spiro atoms. The summed E-state index contributed by atoms with van der Waals surface area (Å²) in [6.07, 6.45) is 8.85. The van der Waals surface area contributed by atoms with Crippen LogP contribution in [0.2, 0.25) is 0 Å². The van der Waals surface area contributed by atoms with Gasteiger partial charge in [-0.15, -0.1) is 0 Å². The molecule has 0 radical (unpaired) electrons. The summed E-state index contributed by atoms with van der Waals surface area (Å²) in [5.41, 5.74) is 1.18. The number of piperazine rings is 1. The number of hydrogen-bond donors (Lipinski definition) is 2. The Balaban J connectivity index is 2.24. The highest BCUT2D eigenvalue weighted by atomic mass is 16.1. The number of carbonyl (C=O) groups is 1. The largest absolute Gasteiger partial charge is 0.376 e. The van der Waals surface area contributed by atoms with Crippen LogP contribution in [0.1, 0.15) is 46.0 Å². The molecule has 2 rings (SSSR count). The van der Waals surface area contributed by atoms with Gasteiger partial charge in [0.25, 0.3) is 0 Å². The van der Waals surface area contributed by atoms with E-state index in [9.17, 15) is 4.79 Å². The minimum atomic E-state index is -0.0805. The average molecular weight is 222 g/mol. The zero-order valence-corrected chi connectivity index (χ0v) is 10.3. The first kappa shape index (κ1) is 11.6. The molecule has 0 amide bonds. The molecule has 0 aromatic carbocycles. The molecule has 2 N–H and O–H groups in total. The van der Waals surface area contributed by atoms with Crippen LogP contribution in [0.5, 0.6) is 0 Å².